The topological polar surface area (TPSA) is 30.5 Å². The highest BCUT2D eigenvalue weighted by molar-refractivity contribution is 5.43. The normalized spacial score (nSPS) is 13.1. The van der Waals surface area contributed by atoms with Crippen molar-refractivity contribution in [1.82, 2.24) is 5.32 Å². The van der Waals surface area contributed by atoms with Crippen LogP contribution in [0.3, 0.4) is 0 Å². The molecule has 2 aromatic carbocycles. The number of hydrogen-bond acceptors (Lipinski definition) is 3. The van der Waals surface area contributed by atoms with Gasteiger partial charge in [-0.2, -0.15) is 0 Å². The van der Waals surface area contributed by atoms with Gasteiger partial charge in [-0.15, -0.1) is 0 Å². The third kappa shape index (κ3) is 3.99. The van der Waals surface area contributed by atoms with Gasteiger partial charge in [0.15, 0.2) is 11.5 Å². The van der Waals surface area contributed by atoms with Crippen LogP contribution in [0.5, 0.6) is 11.5 Å². The van der Waals surface area contributed by atoms with Crippen molar-refractivity contribution in [3.8, 4) is 11.5 Å². The summed E-state index contributed by atoms with van der Waals surface area (Å²) in [7, 11) is 0. The molecule has 0 atom stereocenters. The lowest BCUT2D eigenvalue weighted by atomic mass is 10.1. The number of benzene rings is 2. The van der Waals surface area contributed by atoms with E-state index in [-0.39, 0.29) is 0 Å². The lowest BCUT2D eigenvalue weighted by Crippen LogP contribution is -2.20. The SMILES string of the molecule is c1ccc(CCNCCc2ccc3c(c2)OCCO3)cc1. The van der Waals surface area contributed by atoms with Crippen LogP contribution < -0.4 is 14.8 Å². The number of hydrogen-bond donors (Lipinski definition) is 1. The van der Waals surface area contributed by atoms with Crippen molar-refractivity contribution < 1.29 is 9.47 Å². The summed E-state index contributed by atoms with van der Waals surface area (Å²) in [5.41, 5.74) is 2.66. The molecule has 3 heteroatoms. The molecule has 0 bridgehead atoms. The standard InChI is InChI=1S/C18H21NO2/c1-2-4-15(5-3-1)8-10-19-11-9-16-6-7-17-18(14-16)21-13-12-20-17/h1-7,14,19H,8-13H2. The summed E-state index contributed by atoms with van der Waals surface area (Å²) in [6.45, 7) is 3.28. The minimum atomic E-state index is 0.645. The summed E-state index contributed by atoms with van der Waals surface area (Å²) >= 11 is 0. The van der Waals surface area contributed by atoms with Gasteiger partial charge in [0.05, 0.1) is 0 Å². The molecule has 1 N–H and O–H groups in total. The Balaban J connectivity index is 1.41. The molecule has 0 saturated carbocycles. The zero-order valence-corrected chi connectivity index (χ0v) is 12.2. The molecule has 1 heterocycles. The first-order valence-corrected chi connectivity index (χ1v) is 7.55. The Labute approximate surface area is 125 Å². The maximum atomic E-state index is 5.60. The molecule has 21 heavy (non-hydrogen) atoms. The van der Waals surface area contributed by atoms with Crippen molar-refractivity contribution in [3.63, 3.8) is 0 Å². The monoisotopic (exact) mass is 283 g/mol. The summed E-state index contributed by atoms with van der Waals surface area (Å²) in [5.74, 6) is 1.74. The van der Waals surface area contributed by atoms with Crippen LogP contribution in [0.2, 0.25) is 0 Å². The molecule has 3 nitrogen and oxygen atoms in total. The van der Waals surface area contributed by atoms with Crippen molar-refractivity contribution >= 4 is 0 Å². The lowest BCUT2D eigenvalue weighted by Gasteiger charge is -2.18. The zero-order chi connectivity index (χ0) is 14.3. The van der Waals surface area contributed by atoms with Gasteiger partial charge in [0, 0.05) is 0 Å². The third-order valence-electron chi connectivity index (χ3n) is 3.63. The zero-order valence-electron chi connectivity index (χ0n) is 12.2. The summed E-state index contributed by atoms with van der Waals surface area (Å²) < 4.78 is 11.1. The minimum Gasteiger partial charge on any atom is -0.486 e. The van der Waals surface area contributed by atoms with Crippen molar-refractivity contribution in [1.29, 1.82) is 0 Å². The average molecular weight is 283 g/mol. The first-order valence-electron chi connectivity index (χ1n) is 7.55. The molecular formula is C18H21NO2. The molecule has 0 spiro atoms. The average Bonchev–Trinajstić information content (AvgIpc) is 2.55. The van der Waals surface area contributed by atoms with Crippen molar-refractivity contribution in [3.05, 3.63) is 59.7 Å². The van der Waals surface area contributed by atoms with E-state index in [1.54, 1.807) is 0 Å². The Morgan fingerprint density at radius 3 is 2.29 bits per heavy atom. The van der Waals surface area contributed by atoms with E-state index >= 15 is 0 Å². The Hall–Kier alpha value is -2.00. The molecule has 0 aromatic heterocycles. The van der Waals surface area contributed by atoms with Crippen LogP contribution in [0.25, 0.3) is 0 Å². The largest absolute Gasteiger partial charge is 0.486 e. The molecule has 1 aliphatic heterocycles. The van der Waals surface area contributed by atoms with Crippen molar-refractivity contribution in [2.75, 3.05) is 26.3 Å². The van der Waals surface area contributed by atoms with Crippen LogP contribution in [0.1, 0.15) is 11.1 Å². The van der Waals surface area contributed by atoms with Gasteiger partial charge in [-0.3, -0.25) is 0 Å². The van der Waals surface area contributed by atoms with Gasteiger partial charge in [0.1, 0.15) is 13.2 Å². The molecule has 0 fully saturated rings. The van der Waals surface area contributed by atoms with Crippen LogP contribution in [0.4, 0.5) is 0 Å². The molecule has 3 rings (SSSR count). The first kappa shape index (κ1) is 14.0. The molecule has 0 aliphatic carbocycles. The van der Waals surface area contributed by atoms with Crippen molar-refractivity contribution in [2.45, 2.75) is 12.8 Å². The van der Waals surface area contributed by atoms with Gasteiger partial charge in [-0.25, -0.2) is 0 Å². The fourth-order valence-corrected chi connectivity index (χ4v) is 2.48. The second-order valence-corrected chi connectivity index (χ2v) is 5.21. The Morgan fingerprint density at radius 2 is 1.48 bits per heavy atom. The molecule has 0 amide bonds. The highest BCUT2D eigenvalue weighted by atomic mass is 16.6. The molecular weight excluding hydrogens is 262 g/mol. The van der Waals surface area contributed by atoms with E-state index in [9.17, 15) is 0 Å². The van der Waals surface area contributed by atoms with Crippen LogP contribution in [-0.4, -0.2) is 26.3 Å². The maximum Gasteiger partial charge on any atom is 0.161 e. The third-order valence-corrected chi connectivity index (χ3v) is 3.63. The predicted octanol–water partition coefficient (Wildman–Crippen LogP) is 2.83. The minimum absolute atomic E-state index is 0.645. The number of rotatable bonds is 6. The van der Waals surface area contributed by atoms with Crippen LogP contribution in [-0.2, 0) is 12.8 Å². The van der Waals surface area contributed by atoms with E-state index in [0.717, 1.165) is 37.4 Å². The highest BCUT2D eigenvalue weighted by Crippen LogP contribution is 2.30. The van der Waals surface area contributed by atoms with Gasteiger partial charge in [-0.05, 0) is 49.2 Å². The molecule has 0 radical (unpaired) electrons. The second kappa shape index (κ2) is 7.14. The number of ether oxygens (including phenoxy) is 2. The van der Waals surface area contributed by atoms with Gasteiger partial charge in [-0.1, -0.05) is 36.4 Å². The summed E-state index contributed by atoms with van der Waals surface area (Å²) in [6, 6.07) is 16.8. The van der Waals surface area contributed by atoms with E-state index in [4.69, 9.17) is 9.47 Å². The number of nitrogens with one attached hydrogen (secondary N) is 1. The second-order valence-electron chi connectivity index (χ2n) is 5.21. The summed E-state index contributed by atoms with van der Waals surface area (Å²) in [6.07, 6.45) is 2.08. The fourth-order valence-electron chi connectivity index (χ4n) is 2.48. The van der Waals surface area contributed by atoms with Gasteiger partial charge in [0.2, 0.25) is 0 Å². The van der Waals surface area contributed by atoms with E-state index in [2.05, 4.69) is 47.8 Å². The van der Waals surface area contributed by atoms with Crippen LogP contribution in [0, 0.1) is 0 Å². The number of fused-ring (bicyclic) bond motifs is 1. The molecule has 0 saturated heterocycles. The smallest absolute Gasteiger partial charge is 0.161 e. The Bertz CT molecular complexity index is 569. The van der Waals surface area contributed by atoms with E-state index in [1.165, 1.54) is 11.1 Å². The van der Waals surface area contributed by atoms with Crippen LogP contribution >= 0.6 is 0 Å². The Morgan fingerprint density at radius 1 is 0.762 bits per heavy atom. The van der Waals surface area contributed by atoms with E-state index in [1.807, 2.05) is 6.07 Å². The van der Waals surface area contributed by atoms with Gasteiger partial charge < -0.3 is 14.8 Å². The van der Waals surface area contributed by atoms with Gasteiger partial charge >= 0.3 is 0 Å². The van der Waals surface area contributed by atoms with Crippen molar-refractivity contribution in [2.24, 2.45) is 0 Å². The first-order chi connectivity index (χ1) is 10.4. The molecule has 2 aromatic rings. The predicted molar refractivity (Wildman–Crippen MR) is 84.2 cm³/mol. The highest BCUT2D eigenvalue weighted by Gasteiger charge is 2.11. The maximum absolute atomic E-state index is 5.60. The molecule has 1 aliphatic rings. The van der Waals surface area contributed by atoms with E-state index < -0.39 is 0 Å². The Kier molecular flexibility index (Phi) is 4.74. The molecule has 110 valence electrons. The lowest BCUT2D eigenvalue weighted by molar-refractivity contribution is 0.171. The molecule has 0 unspecified atom stereocenters. The van der Waals surface area contributed by atoms with Crippen LogP contribution in [0.15, 0.2) is 48.5 Å². The van der Waals surface area contributed by atoms with E-state index in [0.29, 0.717) is 13.2 Å². The summed E-state index contributed by atoms with van der Waals surface area (Å²) in [5, 5.41) is 3.49. The van der Waals surface area contributed by atoms with Gasteiger partial charge in [0.25, 0.3) is 0 Å². The quantitative estimate of drug-likeness (QED) is 0.827. The fraction of sp³-hybridized carbons (Fsp3) is 0.333. The summed E-state index contributed by atoms with van der Waals surface area (Å²) in [4.78, 5) is 0.